The Labute approximate surface area is 170 Å². The standard InChI is InChI=1S/C24H39FN2O/c25-15-16-27-22(26)20-11-12-21(20)24(23(27)28,17-19-9-5-2-6-10-19)14-13-18-7-3-1-4-8-18/h18-21,26H,1-17H2/t20?,21?,24-/m0/s1. The van der Waals surface area contributed by atoms with Gasteiger partial charge in [-0.05, 0) is 49.9 Å². The molecular formula is C24H39FN2O. The molecule has 0 aromatic rings. The summed E-state index contributed by atoms with van der Waals surface area (Å²) >= 11 is 0. The van der Waals surface area contributed by atoms with Crippen LogP contribution in [0.4, 0.5) is 4.39 Å². The number of amides is 1. The van der Waals surface area contributed by atoms with Crippen LogP contribution in [-0.2, 0) is 4.79 Å². The van der Waals surface area contributed by atoms with Crippen molar-refractivity contribution in [2.45, 2.75) is 96.3 Å². The molecule has 1 N–H and O–H groups in total. The quantitative estimate of drug-likeness (QED) is 0.559. The van der Waals surface area contributed by atoms with Gasteiger partial charge in [-0.3, -0.25) is 15.1 Å². The Morgan fingerprint density at radius 2 is 1.57 bits per heavy atom. The van der Waals surface area contributed by atoms with Crippen LogP contribution in [0.15, 0.2) is 0 Å². The molecule has 3 nitrogen and oxygen atoms in total. The van der Waals surface area contributed by atoms with E-state index in [1.54, 1.807) is 4.90 Å². The summed E-state index contributed by atoms with van der Waals surface area (Å²) in [7, 11) is 0. The first-order valence-electron chi connectivity index (χ1n) is 12.1. The minimum atomic E-state index is -0.534. The van der Waals surface area contributed by atoms with Crippen LogP contribution in [-0.4, -0.2) is 29.9 Å². The second-order valence-corrected chi connectivity index (χ2v) is 10.2. The molecule has 4 aliphatic rings. The summed E-state index contributed by atoms with van der Waals surface area (Å²) in [5.41, 5.74) is -0.303. The maximum Gasteiger partial charge on any atom is 0.234 e. The van der Waals surface area contributed by atoms with Gasteiger partial charge in [-0.2, -0.15) is 0 Å². The van der Waals surface area contributed by atoms with Crippen LogP contribution in [0.25, 0.3) is 0 Å². The van der Waals surface area contributed by atoms with Crippen molar-refractivity contribution in [3.05, 3.63) is 0 Å². The molecule has 0 aromatic heterocycles. The van der Waals surface area contributed by atoms with E-state index in [2.05, 4.69) is 0 Å². The molecule has 28 heavy (non-hydrogen) atoms. The Morgan fingerprint density at radius 3 is 2.14 bits per heavy atom. The predicted molar refractivity (Wildman–Crippen MR) is 111 cm³/mol. The number of hydrogen-bond donors (Lipinski definition) is 1. The average Bonchev–Trinajstić information content (AvgIpc) is 2.69. The summed E-state index contributed by atoms with van der Waals surface area (Å²) in [6, 6.07) is 0. The fourth-order valence-electron chi connectivity index (χ4n) is 7.01. The molecule has 0 aromatic carbocycles. The van der Waals surface area contributed by atoms with Crippen LogP contribution < -0.4 is 0 Å². The van der Waals surface area contributed by atoms with Crippen LogP contribution in [0.2, 0.25) is 0 Å². The lowest BCUT2D eigenvalue weighted by molar-refractivity contribution is -0.154. The van der Waals surface area contributed by atoms with Gasteiger partial charge in [0.05, 0.1) is 12.0 Å². The lowest BCUT2D eigenvalue weighted by Crippen LogP contribution is -2.64. The van der Waals surface area contributed by atoms with Crippen molar-refractivity contribution in [1.82, 2.24) is 4.90 Å². The lowest BCUT2D eigenvalue weighted by Gasteiger charge is -2.57. The minimum Gasteiger partial charge on any atom is -0.297 e. The van der Waals surface area contributed by atoms with Gasteiger partial charge in [0.15, 0.2) is 0 Å². The smallest absolute Gasteiger partial charge is 0.234 e. The molecule has 1 saturated heterocycles. The first-order valence-corrected chi connectivity index (χ1v) is 12.1. The zero-order chi connectivity index (χ0) is 19.6. The lowest BCUT2D eigenvalue weighted by atomic mass is 9.51. The Hall–Kier alpha value is -0.930. The summed E-state index contributed by atoms with van der Waals surface area (Å²) in [6.07, 6.45) is 18.5. The fraction of sp³-hybridized carbons (Fsp3) is 0.917. The zero-order valence-electron chi connectivity index (χ0n) is 17.6. The molecule has 1 aliphatic heterocycles. The number of hydrogen-bond acceptors (Lipinski definition) is 2. The van der Waals surface area contributed by atoms with Crippen LogP contribution >= 0.6 is 0 Å². The molecule has 158 valence electrons. The van der Waals surface area contributed by atoms with Crippen LogP contribution in [0.5, 0.6) is 0 Å². The second-order valence-electron chi connectivity index (χ2n) is 10.2. The van der Waals surface area contributed by atoms with E-state index >= 15 is 0 Å². The average molecular weight is 391 g/mol. The number of alkyl halides is 1. The van der Waals surface area contributed by atoms with Gasteiger partial charge in [-0.25, -0.2) is 4.39 Å². The minimum absolute atomic E-state index is 0.0940. The Bertz CT molecular complexity index is 567. The number of carbonyl (C=O) groups excluding carboxylic acids is 1. The first kappa shape index (κ1) is 20.3. The van der Waals surface area contributed by atoms with Gasteiger partial charge in [-0.15, -0.1) is 0 Å². The van der Waals surface area contributed by atoms with Crippen molar-refractivity contribution < 1.29 is 9.18 Å². The monoisotopic (exact) mass is 390 g/mol. The van der Waals surface area contributed by atoms with Crippen molar-refractivity contribution >= 4 is 11.7 Å². The van der Waals surface area contributed by atoms with Gasteiger partial charge in [0.25, 0.3) is 0 Å². The summed E-state index contributed by atoms with van der Waals surface area (Å²) in [4.78, 5) is 15.4. The van der Waals surface area contributed by atoms with E-state index in [1.165, 1.54) is 70.6 Å². The van der Waals surface area contributed by atoms with Crippen molar-refractivity contribution in [3.8, 4) is 0 Å². The third kappa shape index (κ3) is 3.77. The third-order valence-electron chi connectivity index (χ3n) is 8.71. The number of carbonyl (C=O) groups is 1. The van der Waals surface area contributed by atoms with Crippen molar-refractivity contribution in [2.24, 2.45) is 29.1 Å². The Morgan fingerprint density at radius 1 is 0.929 bits per heavy atom. The number of amidine groups is 1. The summed E-state index contributed by atoms with van der Waals surface area (Å²) in [5, 5.41) is 8.53. The second kappa shape index (κ2) is 8.83. The number of fused-ring (bicyclic) bond motifs is 1. The molecular weight excluding hydrogens is 351 g/mol. The number of nitrogens with one attached hydrogen (secondary N) is 1. The highest BCUT2D eigenvalue weighted by molar-refractivity contribution is 6.04. The van der Waals surface area contributed by atoms with Crippen LogP contribution in [0.3, 0.4) is 0 Å². The van der Waals surface area contributed by atoms with E-state index in [0.29, 0.717) is 17.7 Å². The molecule has 3 aliphatic carbocycles. The van der Waals surface area contributed by atoms with Gasteiger partial charge >= 0.3 is 0 Å². The van der Waals surface area contributed by atoms with Crippen molar-refractivity contribution in [3.63, 3.8) is 0 Å². The summed E-state index contributed by atoms with van der Waals surface area (Å²) in [5.74, 6) is 2.55. The topological polar surface area (TPSA) is 44.2 Å². The van der Waals surface area contributed by atoms with Crippen molar-refractivity contribution in [1.29, 1.82) is 5.41 Å². The first-order chi connectivity index (χ1) is 13.7. The number of likely N-dealkylation sites (tertiary alicyclic amines) is 1. The van der Waals surface area contributed by atoms with Gasteiger partial charge in [0.1, 0.15) is 12.5 Å². The van der Waals surface area contributed by atoms with E-state index in [-0.39, 0.29) is 23.8 Å². The van der Waals surface area contributed by atoms with E-state index in [1.807, 2.05) is 0 Å². The molecule has 4 fully saturated rings. The van der Waals surface area contributed by atoms with Crippen LogP contribution in [0, 0.1) is 34.5 Å². The molecule has 3 atom stereocenters. The van der Waals surface area contributed by atoms with E-state index < -0.39 is 6.67 Å². The molecule has 4 rings (SSSR count). The molecule has 0 bridgehead atoms. The SMILES string of the molecule is N=C1C2CCC2[C@](CCC2CCCCC2)(CC2CCCCC2)C(=O)N1CCF. The maximum absolute atomic E-state index is 13.8. The van der Waals surface area contributed by atoms with E-state index in [0.717, 1.165) is 31.6 Å². The highest BCUT2D eigenvalue weighted by Crippen LogP contribution is 2.58. The number of nitrogens with zero attached hydrogens (tertiary/aromatic N) is 1. The predicted octanol–water partition coefficient (Wildman–Crippen LogP) is 6.12. The van der Waals surface area contributed by atoms with Gasteiger partial charge in [0, 0.05) is 5.92 Å². The third-order valence-corrected chi connectivity index (χ3v) is 8.71. The Balaban J connectivity index is 1.58. The molecule has 3 saturated carbocycles. The molecule has 1 heterocycles. The number of piperidine rings is 1. The summed E-state index contributed by atoms with van der Waals surface area (Å²) in [6.45, 7) is -0.440. The maximum atomic E-state index is 13.8. The molecule has 1 amide bonds. The Kier molecular flexibility index (Phi) is 6.42. The molecule has 4 heteroatoms. The van der Waals surface area contributed by atoms with E-state index in [9.17, 15) is 9.18 Å². The van der Waals surface area contributed by atoms with Crippen LogP contribution in [0.1, 0.15) is 96.3 Å². The van der Waals surface area contributed by atoms with Gasteiger partial charge < -0.3 is 0 Å². The zero-order valence-corrected chi connectivity index (χ0v) is 17.6. The highest BCUT2D eigenvalue weighted by Gasteiger charge is 2.59. The normalized spacial score (nSPS) is 35.0. The number of rotatable bonds is 7. The summed E-state index contributed by atoms with van der Waals surface area (Å²) < 4.78 is 13.3. The fourth-order valence-corrected chi connectivity index (χ4v) is 7.01. The van der Waals surface area contributed by atoms with Gasteiger partial charge in [0.2, 0.25) is 5.91 Å². The largest absolute Gasteiger partial charge is 0.297 e. The number of halogens is 1. The highest BCUT2D eigenvalue weighted by atomic mass is 19.1. The molecule has 0 spiro atoms. The van der Waals surface area contributed by atoms with Gasteiger partial charge in [-0.1, -0.05) is 64.2 Å². The molecule has 0 radical (unpaired) electrons. The molecule has 2 unspecified atom stereocenters. The van der Waals surface area contributed by atoms with E-state index in [4.69, 9.17) is 5.41 Å². The van der Waals surface area contributed by atoms with Crippen molar-refractivity contribution in [2.75, 3.05) is 13.2 Å².